The molecule has 6 nitrogen and oxygen atoms in total. The summed E-state index contributed by atoms with van der Waals surface area (Å²) in [5, 5.41) is 9.09. The Balaban J connectivity index is 1.75. The van der Waals surface area contributed by atoms with Gasteiger partial charge in [0.25, 0.3) is 0 Å². The standard InChI is InChI=1S/C12H18N2O4S/c13-9-2-1-3-12(6-9)18-4-5-19(16,17)14-10-7-11(15)8-10/h1-3,6,10-11,14-15H,4-5,7-8,13H2. The number of ether oxygens (including phenoxy) is 1. The summed E-state index contributed by atoms with van der Waals surface area (Å²) >= 11 is 0. The first-order valence-corrected chi connectivity index (χ1v) is 7.76. The van der Waals surface area contributed by atoms with Crippen LogP contribution in [0.15, 0.2) is 24.3 Å². The number of sulfonamides is 1. The highest BCUT2D eigenvalue weighted by Crippen LogP contribution is 2.20. The monoisotopic (exact) mass is 286 g/mol. The van der Waals surface area contributed by atoms with Crippen molar-refractivity contribution in [2.75, 3.05) is 18.1 Å². The van der Waals surface area contributed by atoms with Crippen LogP contribution < -0.4 is 15.2 Å². The number of hydrogen-bond donors (Lipinski definition) is 3. The van der Waals surface area contributed by atoms with Crippen LogP contribution in [0.25, 0.3) is 0 Å². The second-order valence-electron chi connectivity index (χ2n) is 4.68. The summed E-state index contributed by atoms with van der Waals surface area (Å²) in [7, 11) is -3.36. The zero-order valence-electron chi connectivity index (χ0n) is 10.5. The van der Waals surface area contributed by atoms with Crippen molar-refractivity contribution in [3.05, 3.63) is 24.3 Å². The lowest BCUT2D eigenvalue weighted by Crippen LogP contribution is -2.47. The smallest absolute Gasteiger partial charge is 0.215 e. The number of aliphatic hydroxyl groups excluding tert-OH is 1. The first kappa shape index (κ1) is 14.1. The molecule has 2 rings (SSSR count). The second-order valence-corrected chi connectivity index (χ2v) is 6.55. The minimum Gasteiger partial charge on any atom is -0.492 e. The molecule has 0 saturated heterocycles. The van der Waals surface area contributed by atoms with Crippen LogP contribution in [0.2, 0.25) is 0 Å². The summed E-state index contributed by atoms with van der Waals surface area (Å²) in [5.74, 6) is 0.434. The molecule has 0 aliphatic heterocycles. The van der Waals surface area contributed by atoms with E-state index in [4.69, 9.17) is 15.6 Å². The molecule has 1 saturated carbocycles. The van der Waals surface area contributed by atoms with Gasteiger partial charge in [0.2, 0.25) is 10.0 Å². The Kier molecular flexibility index (Phi) is 4.28. The maximum absolute atomic E-state index is 11.7. The molecule has 0 atom stereocenters. The fourth-order valence-electron chi connectivity index (χ4n) is 1.87. The van der Waals surface area contributed by atoms with Gasteiger partial charge in [0, 0.05) is 17.8 Å². The van der Waals surface area contributed by atoms with Crippen LogP contribution in [0, 0.1) is 0 Å². The molecule has 19 heavy (non-hydrogen) atoms. The van der Waals surface area contributed by atoms with Crippen molar-refractivity contribution in [2.24, 2.45) is 0 Å². The number of aliphatic hydroxyl groups is 1. The van der Waals surface area contributed by atoms with Crippen molar-refractivity contribution in [3.8, 4) is 5.75 Å². The highest BCUT2D eigenvalue weighted by Gasteiger charge is 2.30. The molecule has 1 aromatic carbocycles. The van der Waals surface area contributed by atoms with E-state index in [0.717, 1.165) is 0 Å². The lowest BCUT2D eigenvalue weighted by atomic mass is 9.91. The van der Waals surface area contributed by atoms with Gasteiger partial charge in [0.05, 0.1) is 11.9 Å². The number of anilines is 1. The Bertz CT molecular complexity index is 526. The lowest BCUT2D eigenvalue weighted by Gasteiger charge is -2.31. The Morgan fingerprint density at radius 1 is 1.42 bits per heavy atom. The number of hydrogen-bond acceptors (Lipinski definition) is 5. The van der Waals surface area contributed by atoms with Crippen LogP contribution in [-0.4, -0.2) is 38.0 Å². The molecule has 4 N–H and O–H groups in total. The lowest BCUT2D eigenvalue weighted by molar-refractivity contribution is 0.0712. The van der Waals surface area contributed by atoms with Crippen molar-refractivity contribution >= 4 is 15.7 Å². The molecule has 0 radical (unpaired) electrons. The van der Waals surface area contributed by atoms with Gasteiger partial charge >= 0.3 is 0 Å². The predicted octanol–water partition coefficient (Wildman–Crippen LogP) is 0.0903. The second kappa shape index (κ2) is 5.77. The zero-order chi connectivity index (χ0) is 13.9. The van der Waals surface area contributed by atoms with Crippen LogP contribution >= 0.6 is 0 Å². The van der Waals surface area contributed by atoms with Gasteiger partial charge in [-0.25, -0.2) is 13.1 Å². The number of nitrogen functional groups attached to an aromatic ring is 1. The number of benzene rings is 1. The summed E-state index contributed by atoms with van der Waals surface area (Å²) < 4.78 is 31.3. The molecule has 0 spiro atoms. The molecule has 0 amide bonds. The van der Waals surface area contributed by atoms with E-state index in [-0.39, 0.29) is 24.5 Å². The molecule has 0 aromatic heterocycles. The molecule has 7 heteroatoms. The summed E-state index contributed by atoms with van der Waals surface area (Å²) in [4.78, 5) is 0. The van der Waals surface area contributed by atoms with Gasteiger partial charge in [-0.05, 0) is 25.0 Å². The minimum atomic E-state index is -3.36. The van der Waals surface area contributed by atoms with Crippen LogP contribution in [-0.2, 0) is 10.0 Å². The average molecular weight is 286 g/mol. The molecule has 0 heterocycles. The van der Waals surface area contributed by atoms with E-state index >= 15 is 0 Å². The van der Waals surface area contributed by atoms with Gasteiger partial charge in [-0.1, -0.05) is 6.07 Å². The highest BCUT2D eigenvalue weighted by molar-refractivity contribution is 7.89. The van der Waals surface area contributed by atoms with Crippen molar-refractivity contribution in [1.29, 1.82) is 0 Å². The SMILES string of the molecule is Nc1cccc(OCCS(=O)(=O)NC2CC(O)C2)c1. The molecule has 1 aliphatic carbocycles. The van der Waals surface area contributed by atoms with Crippen molar-refractivity contribution in [2.45, 2.75) is 25.0 Å². The normalized spacial score (nSPS) is 22.8. The van der Waals surface area contributed by atoms with Gasteiger partial charge < -0.3 is 15.6 Å². The highest BCUT2D eigenvalue weighted by atomic mass is 32.2. The molecular formula is C12H18N2O4S. The first-order chi connectivity index (χ1) is 8.94. The van der Waals surface area contributed by atoms with Gasteiger partial charge in [-0.3, -0.25) is 0 Å². The topological polar surface area (TPSA) is 102 Å². The Morgan fingerprint density at radius 3 is 2.79 bits per heavy atom. The molecule has 1 aliphatic rings. The Labute approximate surface area is 112 Å². The molecule has 0 unspecified atom stereocenters. The molecule has 1 aromatic rings. The zero-order valence-corrected chi connectivity index (χ0v) is 11.3. The Hall–Kier alpha value is -1.31. The summed E-state index contributed by atoms with van der Waals surface area (Å²) in [6, 6.07) is 6.69. The van der Waals surface area contributed by atoms with Crippen molar-refractivity contribution in [3.63, 3.8) is 0 Å². The van der Waals surface area contributed by atoms with Gasteiger partial charge in [-0.2, -0.15) is 0 Å². The number of rotatable bonds is 6. The first-order valence-electron chi connectivity index (χ1n) is 6.11. The van der Waals surface area contributed by atoms with Crippen LogP contribution in [0.5, 0.6) is 5.75 Å². The van der Waals surface area contributed by atoms with Crippen molar-refractivity contribution < 1.29 is 18.3 Å². The van der Waals surface area contributed by atoms with E-state index in [1.54, 1.807) is 24.3 Å². The maximum Gasteiger partial charge on any atom is 0.215 e. The van der Waals surface area contributed by atoms with E-state index in [1.807, 2.05) is 0 Å². The summed E-state index contributed by atoms with van der Waals surface area (Å²) in [6.45, 7) is 0.0636. The minimum absolute atomic E-state index is 0.0636. The third-order valence-electron chi connectivity index (χ3n) is 2.94. The average Bonchev–Trinajstić information content (AvgIpc) is 2.26. The molecule has 106 valence electrons. The maximum atomic E-state index is 11.7. The van der Waals surface area contributed by atoms with Gasteiger partial charge in [-0.15, -0.1) is 0 Å². The number of nitrogens with two attached hydrogens (primary N) is 1. The third-order valence-corrected chi connectivity index (χ3v) is 4.33. The van der Waals surface area contributed by atoms with E-state index in [0.29, 0.717) is 24.3 Å². The quantitative estimate of drug-likeness (QED) is 0.643. The van der Waals surface area contributed by atoms with E-state index in [9.17, 15) is 8.42 Å². The predicted molar refractivity (Wildman–Crippen MR) is 72.3 cm³/mol. The Morgan fingerprint density at radius 2 is 2.16 bits per heavy atom. The molecule has 1 fully saturated rings. The third kappa shape index (κ3) is 4.38. The van der Waals surface area contributed by atoms with Gasteiger partial charge in [0.1, 0.15) is 12.4 Å². The van der Waals surface area contributed by atoms with Crippen LogP contribution in [0.4, 0.5) is 5.69 Å². The van der Waals surface area contributed by atoms with E-state index in [2.05, 4.69) is 4.72 Å². The van der Waals surface area contributed by atoms with E-state index < -0.39 is 10.0 Å². The van der Waals surface area contributed by atoms with Crippen LogP contribution in [0.1, 0.15) is 12.8 Å². The summed E-state index contributed by atoms with van der Waals surface area (Å²) in [5.41, 5.74) is 6.16. The fourth-order valence-corrected chi connectivity index (χ4v) is 2.99. The van der Waals surface area contributed by atoms with Crippen LogP contribution in [0.3, 0.4) is 0 Å². The van der Waals surface area contributed by atoms with E-state index in [1.165, 1.54) is 0 Å². The largest absolute Gasteiger partial charge is 0.492 e. The molecular weight excluding hydrogens is 268 g/mol. The van der Waals surface area contributed by atoms with Crippen molar-refractivity contribution in [1.82, 2.24) is 4.72 Å². The number of nitrogens with one attached hydrogen (secondary N) is 1. The fraction of sp³-hybridized carbons (Fsp3) is 0.500. The van der Waals surface area contributed by atoms with Gasteiger partial charge in [0.15, 0.2) is 0 Å². The molecule has 0 bridgehead atoms. The summed E-state index contributed by atoms with van der Waals surface area (Å²) in [6.07, 6.45) is 0.584.